The number of sulfonamides is 1. The molecule has 0 radical (unpaired) electrons. The van der Waals surface area contributed by atoms with Crippen molar-refractivity contribution in [2.24, 2.45) is 5.73 Å². The minimum Gasteiger partial charge on any atom is -0.320 e. The molecule has 0 saturated heterocycles. The molecule has 0 aliphatic rings. The number of hydrogen-bond donors (Lipinski definition) is 2. The van der Waals surface area contributed by atoms with Crippen LogP contribution in [0.25, 0.3) is 0 Å². The molecule has 0 bridgehead atoms. The van der Waals surface area contributed by atoms with Gasteiger partial charge in [0.25, 0.3) is 0 Å². The van der Waals surface area contributed by atoms with Crippen LogP contribution in [0.3, 0.4) is 0 Å². The third-order valence-corrected chi connectivity index (χ3v) is 5.26. The van der Waals surface area contributed by atoms with Crippen molar-refractivity contribution >= 4 is 21.8 Å². The van der Waals surface area contributed by atoms with E-state index >= 15 is 0 Å². The first-order chi connectivity index (χ1) is 9.49. The highest BCUT2D eigenvalue weighted by atomic mass is 32.2. The summed E-state index contributed by atoms with van der Waals surface area (Å²) in [5, 5.41) is 0.437. The Morgan fingerprint density at radius 1 is 1.35 bits per heavy atom. The van der Waals surface area contributed by atoms with E-state index in [9.17, 15) is 8.42 Å². The summed E-state index contributed by atoms with van der Waals surface area (Å²) in [6, 6.07) is 6.48. The third-order valence-electron chi connectivity index (χ3n) is 2.74. The highest BCUT2D eigenvalue weighted by Crippen LogP contribution is 2.12. The summed E-state index contributed by atoms with van der Waals surface area (Å²) in [6.45, 7) is 2.80. The van der Waals surface area contributed by atoms with Crippen LogP contribution in [0.5, 0.6) is 0 Å². The minimum atomic E-state index is -3.43. The van der Waals surface area contributed by atoms with Crippen LogP contribution < -0.4 is 10.5 Å². The van der Waals surface area contributed by atoms with Crippen molar-refractivity contribution in [1.29, 1.82) is 0 Å². The van der Waals surface area contributed by atoms with Gasteiger partial charge in [-0.05, 0) is 36.9 Å². The van der Waals surface area contributed by atoms with Crippen molar-refractivity contribution in [3.05, 3.63) is 29.8 Å². The van der Waals surface area contributed by atoms with Gasteiger partial charge in [0.15, 0.2) is 0 Å². The van der Waals surface area contributed by atoms with Gasteiger partial charge >= 0.3 is 0 Å². The van der Waals surface area contributed by atoms with E-state index in [4.69, 9.17) is 5.73 Å². The summed E-state index contributed by atoms with van der Waals surface area (Å²) < 4.78 is 26.7. The normalized spacial score (nSPS) is 12.6. The largest absolute Gasteiger partial charge is 0.320 e. The Balaban J connectivity index is 2.68. The summed E-state index contributed by atoms with van der Waals surface area (Å²) in [7, 11) is -3.43. The number of rotatable bonds is 6. The van der Waals surface area contributed by atoms with Gasteiger partial charge in [-0.3, -0.25) is 0 Å². The monoisotopic (exact) mass is 312 g/mol. The van der Waals surface area contributed by atoms with E-state index in [1.54, 1.807) is 36.0 Å². The average Bonchev–Trinajstić information content (AvgIpc) is 2.45. The Labute approximate surface area is 125 Å². The summed E-state index contributed by atoms with van der Waals surface area (Å²) in [5.74, 6) is 5.58. The Morgan fingerprint density at radius 2 is 2.00 bits per heavy atom. The lowest BCUT2D eigenvalue weighted by Crippen LogP contribution is -2.26. The molecule has 1 atom stereocenters. The third kappa shape index (κ3) is 5.55. The molecule has 4 nitrogen and oxygen atoms in total. The fourth-order valence-corrected chi connectivity index (χ4v) is 2.87. The molecule has 1 aromatic carbocycles. The van der Waals surface area contributed by atoms with Crippen LogP contribution in [-0.2, 0) is 10.0 Å². The molecule has 110 valence electrons. The van der Waals surface area contributed by atoms with Crippen LogP contribution in [-0.4, -0.2) is 33.0 Å². The quantitative estimate of drug-likeness (QED) is 0.779. The average molecular weight is 312 g/mol. The summed E-state index contributed by atoms with van der Waals surface area (Å²) in [4.78, 5) is 0.257. The van der Waals surface area contributed by atoms with E-state index in [1.807, 2.05) is 6.26 Å². The number of nitrogens with one attached hydrogen (secondary N) is 1. The van der Waals surface area contributed by atoms with Gasteiger partial charge in [0, 0.05) is 17.4 Å². The standard InChI is InChI=1S/C14H20N2O2S2/c1-12(19-2)9-11-16-20(17,18)14-7-5-13(6-8-14)4-3-10-15/h5-8,12,16H,9-11,15H2,1-2H3. The van der Waals surface area contributed by atoms with Gasteiger partial charge in [-0.2, -0.15) is 11.8 Å². The lowest BCUT2D eigenvalue weighted by atomic mass is 10.2. The van der Waals surface area contributed by atoms with Crippen molar-refractivity contribution in [2.75, 3.05) is 19.3 Å². The van der Waals surface area contributed by atoms with Crippen LogP contribution in [0.2, 0.25) is 0 Å². The van der Waals surface area contributed by atoms with Crippen molar-refractivity contribution in [1.82, 2.24) is 4.72 Å². The first-order valence-electron chi connectivity index (χ1n) is 6.31. The zero-order valence-corrected chi connectivity index (χ0v) is 13.4. The Kier molecular flexibility index (Phi) is 7.10. The maximum atomic E-state index is 12.1. The maximum Gasteiger partial charge on any atom is 0.240 e. The molecule has 1 aromatic rings. The first-order valence-corrected chi connectivity index (χ1v) is 9.08. The molecule has 0 aliphatic heterocycles. The van der Waals surface area contributed by atoms with E-state index < -0.39 is 10.0 Å². The van der Waals surface area contributed by atoms with Crippen molar-refractivity contribution in [3.8, 4) is 11.8 Å². The maximum absolute atomic E-state index is 12.1. The van der Waals surface area contributed by atoms with Gasteiger partial charge in [-0.25, -0.2) is 13.1 Å². The Hall–Kier alpha value is -1.00. The highest BCUT2D eigenvalue weighted by Gasteiger charge is 2.13. The lowest BCUT2D eigenvalue weighted by Gasteiger charge is -2.10. The van der Waals surface area contributed by atoms with E-state index in [0.29, 0.717) is 11.8 Å². The fraction of sp³-hybridized carbons (Fsp3) is 0.429. The van der Waals surface area contributed by atoms with Crippen LogP contribution >= 0.6 is 11.8 Å². The second-order valence-electron chi connectivity index (χ2n) is 4.26. The van der Waals surface area contributed by atoms with Crippen molar-refractivity contribution < 1.29 is 8.42 Å². The molecule has 1 rings (SSSR count). The number of nitrogens with two attached hydrogens (primary N) is 1. The SMILES string of the molecule is CSC(C)CCNS(=O)(=O)c1ccc(C#CCN)cc1. The van der Waals surface area contributed by atoms with Gasteiger partial charge in [0.1, 0.15) is 0 Å². The molecule has 0 heterocycles. The van der Waals surface area contributed by atoms with Gasteiger partial charge < -0.3 is 5.73 Å². The summed E-state index contributed by atoms with van der Waals surface area (Å²) >= 11 is 1.72. The van der Waals surface area contributed by atoms with Gasteiger partial charge in [-0.1, -0.05) is 18.8 Å². The smallest absolute Gasteiger partial charge is 0.240 e. The number of hydrogen-bond acceptors (Lipinski definition) is 4. The molecule has 1 unspecified atom stereocenters. The molecule has 0 saturated carbocycles. The predicted molar refractivity (Wildman–Crippen MR) is 85.2 cm³/mol. The summed E-state index contributed by atoms with van der Waals surface area (Å²) in [6.07, 6.45) is 2.82. The van der Waals surface area contributed by atoms with Crippen LogP contribution in [0.15, 0.2) is 29.2 Å². The van der Waals surface area contributed by atoms with Crippen molar-refractivity contribution in [2.45, 2.75) is 23.5 Å². The lowest BCUT2D eigenvalue weighted by molar-refractivity contribution is 0.579. The van der Waals surface area contributed by atoms with Gasteiger partial charge in [-0.15, -0.1) is 0 Å². The second kappa shape index (κ2) is 8.32. The van der Waals surface area contributed by atoms with Gasteiger partial charge in [0.05, 0.1) is 11.4 Å². The van der Waals surface area contributed by atoms with Crippen LogP contribution in [0.4, 0.5) is 0 Å². The topological polar surface area (TPSA) is 72.2 Å². The highest BCUT2D eigenvalue weighted by molar-refractivity contribution is 7.99. The predicted octanol–water partition coefficient (Wildman–Crippen LogP) is 1.42. The molecular formula is C14H20N2O2S2. The molecule has 0 aliphatic carbocycles. The number of thioether (sulfide) groups is 1. The second-order valence-corrected chi connectivity index (χ2v) is 7.31. The first kappa shape index (κ1) is 17.1. The molecular weight excluding hydrogens is 292 g/mol. The Bertz CT molecular complexity index is 571. The van der Waals surface area contributed by atoms with E-state index in [-0.39, 0.29) is 11.4 Å². The molecule has 20 heavy (non-hydrogen) atoms. The molecule has 0 amide bonds. The van der Waals surface area contributed by atoms with E-state index in [1.165, 1.54) is 0 Å². The summed E-state index contributed by atoms with van der Waals surface area (Å²) in [5.41, 5.74) is 6.04. The van der Waals surface area contributed by atoms with E-state index in [2.05, 4.69) is 23.5 Å². The van der Waals surface area contributed by atoms with Crippen molar-refractivity contribution in [3.63, 3.8) is 0 Å². The molecule has 0 aromatic heterocycles. The molecule has 3 N–H and O–H groups in total. The molecule has 0 fully saturated rings. The van der Waals surface area contributed by atoms with Crippen LogP contribution in [0, 0.1) is 11.8 Å². The van der Waals surface area contributed by atoms with Crippen LogP contribution in [0.1, 0.15) is 18.9 Å². The zero-order valence-electron chi connectivity index (χ0n) is 11.7. The van der Waals surface area contributed by atoms with E-state index in [0.717, 1.165) is 12.0 Å². The fourth-order valence-electron chi connectivity index (χ4n) is 1.47. The Morgan fingerprint density at radius 3 is 2.55 bits per heavy atom. The zero-order chi connectivity index (χ0) is 15.0. The number of benzene rings is 1. The molecule has 0 spiro atoms. The molecule has 6 heteroatoms. The van der Waals surface area contributed by atoms with Gasteiger partial charge in [0.2, 0.25) is 10.0 Å². The minimum absolute atomic E-state index is 0.257.